The molecule has 1 saturated carbocycles. The summed E-state index contributed by atoms with van der Waals surface area (Å²) in [5, 5.41) is 0. The summed E-state index contributed by atoms with van der Waals surface area (Å²) in [6.45, 7) is 3.22. The smallest absolute Gasteiger partial charge is 0.00963 e. The molecular formula is C16H24N2. The minimum atomic E-state index is 0.282. The molecule has 1 aliphatic carbocycles. The van der Waals surface area contributed by atoms with Gasteiger partial charge in [0, 0.05) is 31.0 Å². The monoisotopic (exact) mass is 244 g/mol. The Labute approximate surface area is 110 Å². The lowest BCUT2D eigenvalue weighted by Crippen LogP contribution is -2.43. The molecule has 0 radical (unpaired) electrons. The van der Waals surface area contributed by atoms with Gasteiger partial charge in [0.2, 0.25) is 0 Å². The fourth-order valence-corrected chi connectivity index (χ4v) is 3.87. The predicted molar refractivity (Wildman–Crippen MR) is 75.9 cm³/mol. The summed E-state index contributed by atoms with van der Waals surface area (Å²) >= 11 is 0. The standard InChI is InChI=1S/C16H24N2/c1-18-10-13(11-18)14-6-2-3-7-15(14)16(12-17)8-4-5-9-16/h2-3,6-7,13H,4-5,8-12,17H2,1H3. The number of benzene rings is 1. The van der Waals surface area contributed by atoms with E-state index >= 15 is 0 Å². The summed E-state index contributed by atoms with van der Waals surface area (Å²) in [5.74, 6) is 0.732. The number of likely N-dealkylation sites (tertiary alicyclic amines) is 1. The van der Waals surface area contributed by atoms with Crippen LogP contribution in [0.4, 0.5) is 0 Å². The quantitative estimate of drug-likeness (QED) is 0.885. The van der Waals surface area contributed by atoms with Gasteiger partial charge in [-0.25, -0.2) is 0 Å². The molecule has 2 heteroatoms. The molecule has 0 bridgehead atoms. The van der Waals surface area contributed by atoms with Gasteiger partial charge in [0.15, 0.2) is 0 Å². The van der Waals surface area contributed by atoms with Crippen LogP contribution in [0, 0.1) is 0 Å². The Morgan fingerprint density at radius 1 is 1.22 bits per heavy atom. The average molecular weight is 244 g/mol. The lowest BCUT2D eigenvalue weighted by Gasteiger charge is -2.40. The third-order valence-corrected chi connectivity index (χ3v) is 4.99. The second kappa shape index (κ2) is 4.67. The summed E-state index contributed by atoms with van der Waals surface area (Å²) in [6.07, 6.45) is 5.25. The predicted octanol–water partition coefficient (Wildman–Crippen LogP) is 2.49. The first-order chi connectivity index (χ1) is 8.75. The highest BCUT2D eigenvalue weighted by molar-refractivity contribution is 5.39. The first-order valence-corrected chi connectivity index (χ1v) is 7.23. The summed E-state index contributed by atoms with van der Waals surface area (Å²) in [5.41, 5.74) is 9.56. The molecule has 2 N–H and O–H groups in total. The third-order valence-electron chi connectivity index (χ3n) is 4.99. The maximum Gasteiger partial charge on any atom is 0.00963 e. The van der Waals surface area contributed by atoms with Crippen LogP contribution in [0.1, 0.15) is 42.7 Å². The van der Waals surface area contributed by atoms with Crippen molar-refractivity contribution < 1.29 is 0 Å². The molecule has 0 aromatic heterocycles. The molecule has 1 aliphatic heterocycles. The lowest BCUT2D eigenvalue weighted by atomic mass is 9.73. The number of nitrogens with zero attached hydrogens (tertiary/aromatic N) is 1. The van der Waals surface area contributed by atoms with Crippen molar-refractivity contribution >= 4 is 0 Å². The van der Waals surface area contributed by atoms with Gasteiger partial charge in [0.05, 0.1) is 0 Å². The number of nitrogens with two attached hydrogens (primary N) is 1. The third kappa shape index (κ3) is 1.88. The van der Waals surface area contributed by atoms with E-state index in [4.69, 9.17) is 5.73 Å². The van der Waals surface area contributed by atoms with Gasteiger partial charge >= 0.3 is 0 Å². The molecule has 2 aliphatic rings. The van der Waals surface area contributed by atoms with E-state index in [1.165, 1.54) is 38.8 Å². The van der Waals surface area contributed by atoms with E-state index in [-0.39, 0.29) is 5.41 Å². The molecule has 3 rings (SSSR count). The van der Waals surface area contributed by atoms with Crippen LogP contribution in [0.5, 0.6) is 0 Å². The number of rotatable bonds is 3. The summed E-state index contributed by atoms with van der Waals surface area (Å²) < 4.78 is 0. The van der Waals surface area contributed by atoms with Crippen LogP contribution < -0.4 is 5.73 Å². The van der Waals surface area contributed by atoms with Crippen molar-refractivity contribution in [2.45, 2.75) is 37.0 Å². The minimum Gasteiger partial charge on any atom is -0.330 e. The number of hydrogen-bond donors (Lipinski definition) is 1. The SMILES string of the molecule is CN1CC(c2ccccc2C2(CN)CCCC2)C1. The second-order valence-corrected chi connectivity index (χ2v) is 6.20. The Morgan fingerprint density at radius 3 is 2.50 bits per heavy atom. The maximum absolute atomic E-state index is 6.15. The van der Waals surface area contributed by atoms with Crippen molar-refractivity contribution in [3.8, 4) is 0 Å². The molecule has 0 amide bonds. The van der Waals surface area contributed by atoms with Crippen LogP contribution in [0.2, 0.25) is 0 Å². The van der Waals surface area contributed by atoms with Gasteiger partial charge in [-0.2, -0.15) is 0 Å². The summed E-state index contributed by atoms with van der Waals surface area (Å²) in [4.78, 5) is 2.39. The summed E-state index contributed by atoms with van der Waals surface area (Å²) in [6, 6.07) is 9.06. The molecule has 1 heterocycles. The van der Waals surface area contributed by atoms with Gasteiger partial charge < -0.3 is 10.6 Å². The van der Waals surface area contributed by atoms with Crippen LogP contribution in [-0.4, -0.2) is 31.6 Å². The molecule has 0 spiro atoms. The summed E-state index contributed by atoms with van der Waals surface area (Å²) in [7, 11) is 2.20. The van der Waals surface area contributed by atoms with E-state index in [9.17, 15) is 0 Å². The zero-order valence-corrected chi connectivity index (χ0v) is 11.4. The van der Waals surface area contributed by atoms with Crippen LogP contribution in [0.15, 0.2) is 24.3 Å². The Hall–Kier alpha value is -0.860. The highest BCUT2D eigenvalue weighted by Gasteiger charge is 2.38. The van der Waals surface area contributed by atoms with Crippen LogP contribution in [0.25, 0.3) is 0 Å². The zero-order valence-electron chi connectivity index (χ0n) is 11.4. The molecule has 1 aromatic rings. The van der Waals surface area contributed by atoms with E-state index in [1.807, 2.05) is 0 Å². The van der Waals surface area contributed by atoms with Crippen LogP contribution >= 0.6 is 0 Å². The Kier molecular flexibility index (Phi) is 3.16. The highest BCUT2D eigenvalue weighted by Crippen LogP contribution is 2.44. The Balaban J connectivity index is 1.95. The van der Waals surface area contributed by atoms with E-state index < -0.39 is 0 Å². The van der Waals surface area contributed by atoms with E-state index in [1.54, 1.807) is 11.1 Å². The largest absolute Gasteiger partial charge is 0.330 e. The zero-order chi connectivity index (χ0) is 12.6. The molecule has 0 unspecified atom stereocenters. The average Bonchev–Trinajstić information content (AvgIpc) is 2.85. The normalized spacial score (nSPS) is 24.1. The molecule has 1 aromatic carbocycles. The van der Waals surface area contributed by atoms with E-state index in [2.05, 4.69) is 36.2 Å². The van der Waals surface area contributed by atoms with Gasteiger partial charge in [-0.1, -0.05) is 37.1 Å². The van der Waals surface area contributed by atoms with Crippen molar-refractivity contribution in [3.63, 3.8) is 0 Å². The maximum atomic E-state index is 6.15. The van der Waals surface area contributed by atoms with Gasteiger partial charge in [-0.05, 0) is 31.0 Å². The molecule has 0 atom stereocenters. The molecule has 1 saturated heterocycles. The topological polar surface area (TPSA) is 29.3 Å². The first-order valence-electron chi connectivity index (χ1n) is 7.23. The molecular weight excluding hydrogens is 220 g/mol. The second-order valence-electron chi connectivity index (χ2n) is 6.20. The fourth-order valence-electron chi connectivity index (χ4n) is 3.87. The van der Waals surface area contributed by atoms with Crippen molar-refractivity contribution in [2.24, 2.45) is 5.73 Å². The highest BCUT2D eigenvalue weighted by atomic mass is 15.2. The van der Waals surface area contributed by atoms with Crippen molar-refractivity contribution in [1.29, 1.82) is 0 Å². The Bertz CT molecular complexity index is 415. The van der Waals surface area contributed by atoms with Crippen molar-refractivity contribution in [1.82, 2.24) is 4.90 Å². The Morgan fingerprint density at radius 2 is 1.89 bits per heavy atom. The lowest BCUT2D eigenvalue weighted by molar-refractivity contribution is 0.187. The number of hydrogen-bond acceptors (Lipinski definition) is 2. The molecule has 18 heavy (non-hydrogen) atoms. The van der Waals surface area contributed by atoms with Crippen LogP contribution in [-0.2, 0) is 5.41 Å². The molecule has 2 nitrogen and oxygen atoms in total. The van der Waals surface area contributed by atoms with Gasteiger partial charge in [0.25, 0.3) is 0 Å². The molecule has 2 fully saturated rings. The number of likely N-dealkylation sites (N-methyl/N-ethyl adjacent to an activating group) is 1. The fraction of sp³-hybridized carbons (Fsp3) is 0.625. The van der Waals surface area contributed by atoms with Gasteiger partial charge in [-0.15, -0.1) is 0 Å². The van der Waals surface area contributed by atoms with Gasteiger partial charge in [0.1, 0.15) is 0 Å². The van der Waals surface area contributed by atoms with Crippen molar-refractivity contribution in [2.75, 3.05) is 26.7 Å². The van der Waals surface area contributed by atoms with E-state index in [0.29, 0.717) is 0 Å². The van der Waals surface area contributed by atoms with E-state index in [0.717, 1.165) is 12.5 Å². The molecule has 98 valence electrons. The van der Waals surface area contributed by atoms with Crippen molar-refractivity contribution in [3.05, 3.63) is 35.4 Å². The first kappa shape index (κ1) is 12.2. The van der Waals surface area contributed by atoms with Gasteiger partial charge in [-0.3, -0.25) is 0 Å². The van der Waals surface area contributed by atoms with Crippen LogP contribution in [0.3, 0.4) is 0 Å². The minimum absolute atomic E-state index is 0.282.